The molecule has 1 aromatic rings. The van der Waals surface area contributed by atoms with Gasteiger partial charge in [0.15, 0.2) is 0 Å². The molecule has 4 bridgehead atoms. The predicted molar refractivity (Wildman–Crippen MR) is 119 cm³/mol. The van der Waals surface area contributed by atoms with Crippen molar-refractivity contribution >= 4 is 21.6 Å². The zero-order valence-electron chi connectivity index (χ0n) is 18.4. The molecule has 4 aliphatic carbocycles. The number of hydrogen-bond acceptors (Lipinski definition) is 4. The van der Waals surface area contributed by atoms with E-state index in [1.54, 1.807) is 29.6 Å². The van der Waals surface area contributed by atoms with Crippen LogP contribution in [0.3, 0.4) is 0 Å². The maximum absolute atomic E-state index is 13.4. The summed E-state index contributed by atoms with van der Waals surface area (Å²) in [6, 6.07) is 4.85. The zero-order valence-corrected chi connectivity index (χ0v) is 19.2. The largest absolute Gasteiger partial charge is 0.495 e. The number of carbonyl (C=O) groups is 1. The Bertz CT molecular complexity index is 909. The van der Waals surface area contributed by atoms with Crippen molar-refractivity contribution in [2.75, 3.05) is 25.5 Å². The first-order valence-corrected chi connectivity index (χ1v) is 13.4. The van der Waals surface area contributed by atoms with E-state index >= 15 is 0 Å². The van der Waals surface area contributed by atoms with E-state index in [-0.39, 0.29) is 16.7 Å². The molecule has 7 heteroatoms. The van der Waals surface area contributed by atoms with Gasteiger partial charge in [0.2, 0.25) is 15.9 Å². The maximum Gasteiger partial charge on any atom is 0.243 e. The summed E-state index contributed by atoms with van der Waals surface area (Å²) in [5.74, 6) is 3.16. The maximum atomic E-state index is 13.4. The predicted octanol–water partition coefficient (Wildman–Crippen LogP) is 4.27. The minimum atomic E-state index is -3.58. The van der Waals surface area contributed by atoms with Crippen LogP contribution in [-0.4, -0.2) is 38.8 Å². The molecule has 170 valence electrons. The van der Waals surface area contributed by atoms with Gasteiger partial charge in [0.1, 0.15) is 5.75 Å². The first-order valence-electron chi connectivity index (χ1n) is 11.9. The van der Waals surface area contributed by atoms with Crippen molar-refractivity contribution in [3.05, 3.63) is 18.2 Å². The smallest absolute Gasteiger partial charge is 0.243 e. The normalized spacial score (nSPS) is 33.1. The van der Waals surface area contributed by atoms with Crippen molar-refractivity contribution in [3.8, 4) is 5.75 Å². The van der Waals surface area contributed by atoms with Gasteiger partial charge in [0.05, 0.1) is 17.7 Å². The second-order valence-electron chi connectivity index (χ2n) is 10.1. The molecule has 6 nitrogen and oxygen atoms in total. The van der Waals surface area contributed by atoms with E-state index in [1.165, 1.54) is 32.1 Å². The number of methoxy groups -OCH3 is 1. The van der Waals surface area contributed by atoms with Crippen molar-refractivity contribution < 1.29 is 17.9 Å². The number of benzene rings is 1. The summed E-state index contributed by atoms with van der Waals surface area (Å²) >= 11 is 0. The molecule has 0 radical (unpaired) electrons. The summed E-state index contributed by atoms with van der Waals surface area (Å²) in [4.78, 5) is 13.6. The third-order valence-corrected chi connectivity index (χ3v) is 10.1. The molecule has 1 saturated heterocycles. The van der Waals surface area contributed by atoms with Crippen LogP contribution in [0.25, 0.3) is 0 Å². The highest BCUT2D eigenvalue weighted by atomic mass is 32.2. The van der Waals surface area contributed by atoms with Crippen molar-refractivity contribution in [1.29, 1.82) is 0 Å². The van der Waals surface area contributed by atoms with Gasteiger partial charge in [0.25, 0.3) is 0 Å². The van der Waals surface area contributed by atoms with Crippen LogP contribution in [-0.2, 0) is 14.8 Å². The van der Waals surface area contributed by atoms with Crippen LogP contribution >= 0.6 is 0 Å². The van der Waals surface area contributed by atoms with Crippen LogP contribution in [0.1, 0.15) is 57.8 Å². The van der Waals surface area contributed by atoms with Crippen molar-refractivity contribution in [3.63, 3.8) is 0 Å². The Hall–Kier alpha value is -1.60. The van der Waals surface area contributed by atoms with Gasteiger partial charge >= 0.3 is 0 Å². The number of amides is 1. The molecule has 1 N–H and O–H groups in total. The van der Waals surface area contributed by atoms with Gasteiger partial charge in [-0.25, -0.2) is 8.42 Å². The van der Waals surface area contributed by atoms with Gasteiger partial charge in [-0.2, -0.15) is 4.31 Å². The highest BCUT2D eigenvalue weighted by Gasteiger charge is 2.50. The van der Waals surface area contributed by atoms with Gasteiger partial charge < -0.3 is 10.1 Å². The minimum absolute atomic E-state index is 0.0384. The highest BCUT2D eigenvalue weighted by molar-refractivity contribution is 7.89. The van der Waals surface area contributed by atoms with E-state index in [9.17, 15) is 13.2 Å². The standard InChI is InChI=1S/C24H34N2O4S/c1-30-22-7-6-20(31(28,29)26-8-4-2-3-5-9-26)15-21(22)25-24(27)23-18-11-16-10-17(13-18)14-19(23)12-16/h6-7,15-19,23H,2-5,8-14H2,1H3,(H,25,27). The SMILES string of the molecule is COc1ccc(S(=O)(=O)N2CCCCCC2)cc1NC(=O)C1C2CC3CC(C2)CC1C3. The zero-order chi connectivity index (χ0) is 21.6. The van der Waals surface area contributed by atoms with E-state index in [4.69, 9.17) is 4.74 Å². The van der Waals surface area contributed by atoms with Crippen LogP contribution in [0.5, 0.6) is 5.75 Å². The van der Waals surface area contributed by atoms with E-state index < -0.39 is 10.0 Å². The molecular weight excluding hydrogens is 412 g/mol. The second-order valence-corrected chi connectivity index (χ2v) is 12.1. The first-order chi connectivity index (χ1) is 15.0. The van der Waals surface area contributed by atoms with Crippen LogP contribution in [0.15, 0.2) is 23.1 Å². The Morgan fingerprint density at radius 2 is 1.58 bits per heavy atom. The summed E-state index contributed by atoms with van der Waals surface area (Å²) in [6.45, 7) is 1.12. The lowest BCUT2D eigenvalue weighted by molar-refractivity contribution is -0.132. The Morgan fingerprint density at radius 1 is 0.968 bits per heavy atom. The minimum Gasteiger partial charge on any atom is -0.495 e. The average Bonchev–Trinajstić information content (AvgIpc) is 3.03. The van der Waals surface area contributed by atoms with E-state index in [0.29, 0.717) is 36.4 Å². The Kier molecular flexibility index (Phi) is 5.76. The van der Waals surface area contributed by atoms with Crippen LogP contribution in [0.2, 0.25) is 0 Å². The van der Waals surface area contributed by atoms with Crippen LogP contribution < -0.4 is 10.1 Å². The lowest BCUT2D eigenvalue weighted by Gasteiger charge is -2.53. The van der Waals surface area contributed by atoms with Gasteiger partial charge in [-0.1, -0.05) is 12.8 Å². The van der Waals surface area contributed by atoms with E-state index in [0.717, 1.165) is 37.5 Å². The molecule has 0 aromatic heterocycles. The number of anilines is 1. The molecule has 0 atom stereocenters. The highest BCUT2D eigenvalue weighted by Crippen LogP contribution is 2.56. The average molecular weight is 447 g/mol. The van der Waals surface area contributed by atoms with Crippen molar-refractivity contribution in [2.45, 2.75) is 62.7 Å². The molecule has 1 amide bonds. The van der Waals surface area contributed by atoms with Crippen LogP contribution in [0, 0.1) is 29.6 Å². The number of carbonyl (C=O) groups excluding carboxylic acids is 1. The van der Waals surface area contributed by atoms with Gasteiger partial charge in [-0.3, -0.25) is 4.79 Å². The number of rotatable bonds is 5. The van der Waals surface area contributed by atoms with Crippen LogP contribution in [0.4, 0.5) is 5.69 Å². The number of hydrogen-bond donors (Lipinski definition) is 1. The Morgan fingerprint density at radius 3 is 2.16 bits per heavy atom. The fraction of sp³-hybridized carbons (Fsp3) is 0.708. The molecule has 1 aliphatic heterocycles. The Balaban J connectivity index is 1.38. The number of ether oxygens (including phenoxy) is 1. The van der Waals surface area contributed by atoms with Crippen molar-refractivity contribution in [1.82, 2.24) is 4.31 Å². The topological polar surface area (TPSA) is 75.7 Å². The molecule has 31 heavy (non-hydrogen) atoms. The monoisotopic (exact) mass is 446 g/mol. The first kappa shape index (κ1) is 21.3. The van der Waals surface area contributed by atoms with Crippen molar-refractivity contribution in [2.24, 2.45) is 29.6 Å². The summed E-state index contributed by atoms with van der Waals surface area (Å²) in [7, 11) is -2.03. The molecule has 4 saturated carbocycles. The van der Waals surface area contributed by atoms with E-state index in [2.05, 4.69) is 5.32 Å². The number of nitrogens with zero attached hydrogens (tertiary/aromatic N) is 1. The second kappa shape index (κ2) is 8.39. The van der Waals surface area contributed by atoms with Gasteiger partial charge in [-0.05, 0) is 86.8 Å². The molecule has 6 rings (SSSR count). The third-order valence-electron chi connectivity index (χ3n) is 8.16. The number of nitrogens with one attached hydrogen (secondary N) is 1. The fourth-order valence-electron chi connectivity index (χ4n) is 6.95. The molecule has 1 aromatic carbocycles. The Labute approximate surface area is 185 Å². The summed E-state index contributed by atoms with van der Waals surface area (Å²) < 4.78 is 33.6. The summed E-state index contributed by atoms with van der Waals surface area (Å²) in [5.41, 5.74) is 0.470. The summed E-state index contributed by atoms with van der Waals surface area (Å²) in [6.07, 6.45) is 9.97. The van der Waals surface area contributed by atoms with E-state index in [1.807, 2.05) is 0 Å². The molecule has 1 heterocycles. The molecule has 0 unspecified atom stereocenters. The molecule has 5 aliphatic rings. The lowest BCUT2D eigenvalue weighted by Crippen LogP contribution is -2.49. The molecule has 0 spiro atoms. The molecular formula is C24H34N2O4S. The fourth-order valence-corrected chi connectivity index (χ4v) is 8.49. The quantitative estimate of drug-likeness (QED) is 0.733. The summed E-state index contributed by atoms with van der Waals surface area (Å²) in [5, 5.41) is 3.07. The lowest BCUT2D eigenvalue weighted by atomic mass is 9.51. The molecule has 5 fully saturated rings. The van der Waals surface area contributed by atoms with Gasteiger partial charge in [0, 0.05) is 19.0 Å². The number of sulfonamides is 1. The third kappa shape index (κ3) is 3.99. The van der Waals surface area contributed by atoms with Gasteiger partial charge in [-0.15, -0.1) is 0 Å².